The highest BCUT2D eigenvalue weighted by Crippen LogP contribution is 2.01. The Balaban J connectivity index is 2.34. The van der Waals surface area contributed by atoms with E-state index in [0.717, 1.165) is 0 Å². The Morgan fingerprint density at radius 2 is 1.86 bits per heavy atom. The van der Waals surface area contributed by atoms with Gasteiger partial charge in [0, 0.05) is 26.2 Å². The van der Waals surface area contributed by atoms with E-state index in [-0.39, 0.29) is 12.5 Å². The average molecular weight is 198 g/mol. The molecular weight excluding hydrogens is 184 g/mol. The Hall–Kier alpha value is -1.36. The van der Waals surface area contributed by atoms with Crippen LogP contribution in [-0.4, -0.2) is 59.5 Å². The molecule has 0 radical (unpaired) electrons. The van der Waals surface area contributed by atoms with Crippen LogP contribution in [0.25, 0.3) is 0 Å². The molecule has 0 aliphatic carbocycles. The van der Waals surface area contributed by atoms with Crippen molar-refractivity contribution in [1.82, 2.24) is 9.80 Å². The van der Waals surface area contributed by atoms with Gasteiger partial charge in [-0.2, -0.15) is 0 Å². The Morgan fingerprint density at radius 1 is 1.29 bits per heavy atom. The maximum atomic E-state index is 11.2. The molecule has 1 aliphatic rings. The number of carbonyl (C=O) groups excluding carboxylic acids is 1. The molecular formula is C9H14N2O3. The SMILES string of the molecule is C=CC(=O)N1CCN(CC(=O)O)CC1. The van der Waals surface area contributed by atoms with Crippen LogP contribution in [0.1, 0.15) is 0 Å². The predicted octanol–water partition coefficient (Wildman–Crippen LogP) is -0.599. The third-order valence-electron chi connectivity index (χ3n) is 2.22. The van der Waals surface area contributed by atoms with Crippen molar-refractivity contribution in [3.63, 3.8) is 0 Å². The van der Waals surface area contributed by atoms with Gasteiger partial charge in [-0.3, -0.25) is 14.5 Å². The van der Waals surface area contributed by atoms with Crippen LogP contribution < -0.4 is 0 Å². The molecule has 1 rings (SSSR count). The molecule has 5 heteroatoms. The topological polar surface area (TPSA) is 60.9 Å². The third kappa shape index (κ3) is 2.85. The normalized spacial score (nSPS) is 17.9. The van der Waals surface area contributed by atoms with Gasteiger partial charge in [0.15, 0.2) is 0 Å². The number of carboxylic acid groups (broad SMARTS) is 1. The lowest BCUT2D eigenvalue weighted by molar-refractivity contribution is -0.139. The first-order valence-corrected chi connectivity index (χ1v) is 4.49. The molecule has 0 atom stereocenters. The highest BCUT2D eigenvalue weighted by atomic mass is 16.4. The van der Waals surface area contributed by atoms with Gasteiger partial charge in [0.25, 0.3) is 0 Å². The molecule has 1 fully saturated rings. The summed E-state index contributed by atoms with van der Waals surface area (Å²) in [6, 6.07) is 0. The molecule has 0 aromatic carbocycles. The van der Waals surface area contributed by atoms with Gasteiger partial charge in [-0.25, -0.2) is 0 Å². The summed E-state index contributed by atoms with van der Waals surface area (Å²) in [5.41, 5.74) is 0. The van der Waals surface area contributed by atoms with E-state index in [1.54, 1.807) is 4.90 Å². The van der Waals surface area contributed by atoms with E-state index >= 15 is 0 Å². The first-order chi connectivity index (χ1) is 6.63. The lowest BCUT2D eigenvalue weighted by Gasteiger charge is -2.33. The molecule has 0 bridgehead atoms. The molecule has 1 aliphatic heterocycles. The fourth-order valence-electron chi connectivity index (χ4n) is 1.45. The molecule has 78 valence electrons. The summed E-state index contributed by atoms with van der Waals surface area (Å²) >= 11 is 0. The van der Waals surface area contributed by atoms with E-state index in [1.807, 2.05) is 4.90 Å². The standard InChI is InChI=1S/C9H14N2O3/c1-2-8(12)11-5-3-10(4-6-11)7-9(13)14/h2H,1,3-7H2,(H,13,14). The summed E-state index contributed by atoms with van der Waals surface area (Å²) in [4.78, 5) is 25.1. The van der Waals surface area contributed by atoms with E-state index in [2.05, 4.69) is 6.58 Å². The van der Waals surface area contributed by atoms with Crippen molar-refractivity contribution in [1.29, 1.82) is 0 Å². The molecule has 0 unspecified atom stereocenters. The number of rotatable bonds is 3. The van der Waals surface area contributed by atoms with Crippen molar-refractivity contribution in [2.75, 3.05) is 32.7 Å². The molecule has 1 heterocycles. The largest absolute Gasteiger partial charge is 0.480 e. The summed E-state index contributed by atoms with van der Waals surface area (Å²) in [6.45, 7) is 5.85. The summed E-state index contributed by atoms with van der Waals surface area (Å²) in [6.07, 6.45) is 1.28. The molecule has 0 aromatic heterocycles. The Kier molecular flexibility index (Phi) is 3.64. The Bertz CT molecular complexity index is 244. The van der Waals surface area contributed by atoms with Crippen LogP contribution in [-0.2, 0) is 9.59 Å². The van der Waals surface area contributed by atoms with Crippen LogP contribution in [0, 0.1) is 0 Å². The van der Waals surface area contributed by atoms with E-state index in [9.17, 15) is 9.59 Å². The minimum absolute atomic E-state index is 0.0517. The molecule has 0 saturated carbocycles. The van der Waals surface area contributed by atoms with Gasteiger partial charge >= 0.3 is 5.97 Å². The van der Waals surface area contributed by atoms with Gasteiger partial charge < -0.3 is 10.0 Å². The van der Waals surface area contributed by atoms with Crippen molar-refractivity contribution in [3.05, 3.63) is 12.7 Å². The number of carboxylic acids is 1. The lowest BCUT2D eigenvalue weighted by Crippen LogP contribution is -2.49. The van der Waals surface area contributed by atoms with Crippen LogP contribution in [0.3, 0.4) is 0 Å². The number of carbonyl (C=O) groups is 2. The number of amides is 1. The zero-order valence-electron chi connectivity index (χ0n) is 7.98. The maximum Gasteiger partial charge on any atom is 0.317 e. The predicted molar refractivity (Wildman–Crippen MR) is 50.9 cm³/mol. The van der Waals surface area contributed by atoms with Crippen LogP contribution >= 0.6 is 0 Å². The molecule has 14 heavy (non-hydrogen) atoms. The van der Waals surface area contributed by atoms with Crippen LogP contribution in [0.15, 0.2) is 12.7 Å². The van der Waals surface area contributed by atoms with E-state index in [0.29, 0.717) is 26.2 Å². The van der Waals surface area contributed by atoms with Crippen LogP contribution in [0.2, 0.25) is 0 Å². The van der Waals surface area contributed by atoms with Gasteiger partial charge in [0.1, 0.15) is 0 Å². The van der Waals surface area contributed by atoms with Gasteiger partial charge in [-0.05, 0) is 6.08 Å². The second-order valence-corrected chi connectivity index (χ2v) is 3.20. The van der Waals surface area contributed by atoms with Crippen molar-refractivity contribution in [2.45, 2.75) is 0 Å². The quantitative estimate of drug-likeness (QED) is 0.615. The monoisotopic (exact) mass is 198 g/mol. The number of hydrogen-bond donors (Lipinski definition) is 1. The van der Waals surface area contributed by atoms with E-state index < -0.39 is 5.97 Å². The van der Waals surface area contributed by atoms with Gasteiger partial charge in [0.2, 0.25) is 5.91 Å². The second kappa shape index (κ2) is 4.76. The summed E-state index contributed by atoms with van der Waals surface area (Å²) < 4.78 is 0. The first-order valence-electron chi connectivity index (χ1n) is 4.49. The molecule has 0 aromatic rings. The molecule has 1 N–H and O–H groups in total. The van der Waals surface area contributed by atoms with E-state index in [4.69, 9.17) is 5.11 Å². The first kappa shape index (κ1) is 10.7. The number of hydrogen-bond acceptors (Lipinski definition) is 3. The van der Waals surface area contributed by atoms with Crippen LogP contribution in [0.4, 0.5) is 0 Å². The summed E-state index contributed by atoms with van der Waals surface area (Å²) in [7, 11) is 0. The maximum absolute atomic E-state index is 11.2. The number of aliphatic carboxylic acids is 1. The highest BCUT2D eigenvalue weighted by Gasteiger charge is 2.20. The number of nitrogens with zero attached hydrogens (tertiary/aromatic N) is 2. The van der Waals surface area contributed by atoms with Gasteiger partial charge in [-0.15, -0.1) is 0 Å². The van der Waals surface area contributed by atoms with Gasteiger partial charge in [-0.1, -0.05) is 6.58 Å². The smallest absolute Gasteiger partial charge is 0.317 e. The molecule has 1 saturated heterocycles. The van der Waals surface area contributed by atoms with Crippen molar-refractivity contribution < 1.29 is 14.7 Å². The summed E-state index contributed by atoms with van der Waals surface area (Å²) in [5.74, 6) is -0.909. The fraction of sp³-hybridized carbons (Fsp3) is 0.556. The van der Waals surface area contributed by atoms with E-state index in [1.165, 1.54) is 6.08 Å². The molecule has 0 spiro atoms. The van der Waals surface area contributed by atoms with Crippen LogP contribution in [0.5, 0.6) is 0 Å². The van der Waals surface area contributed by atoms with Crippen molar-refractivity contribution >= 4 is 11.9 Å². The highest BCUT2D eigenvalue weighted by molar-refractivity contribution is 5.87. The Morgan fingerprint density at radius 3 is 2.29 bits per heavy atom. The average Bonchev–Trinajstić information content (AvgIpc) is 2.17. The van der Waals surface area contributed by atoms with Crippen molar-refractivity contribution in [3.8, 4) is 0 Å². The Labute approximate surface area is 82.6 Å². The number of piperazine rings is 1. The zero-order valence-corrected chi connectivity index (χ0v) is 7.98. The third-order valence-corrected chi connectivity index (χ3v) is 2.22. The summed E-state index contributed by atoms with van der Waals surface area (Å²) in [5, 5.41) is 8.55. The minimum Gasteiger partial charge on any atom is -0.480 e. The van der Waals surface area contributed by atoms with Gasteiger partial charge in [0.05, 0.1) is 6.54 Å². The molecule has 5 nitrogen and oxygen atoms in total. The minimum atomic E-state index is -0.825. The lowest BCUT2D eigenvalue weighted by atomic mass is 10.3. The zero-order chi connectivity index (χ0) is 10.6. The van der Waals surface area contributed by atoms with Crippen molar-refractivity contribution in [2.24, 2.45) is 0 Å². The second-order valence-electron chi connectivity index (χ2n) is 3.20. The molecule has 1 amide bonds. The fourth-order valence-corrected chi connectivity index (χ4v) is 1.45.